The molecule has 1 aromatic heterocycles. The maximum absolute atomic E-state index is 11.5. The fourth-order valence-corrected chi connectivity index (χ4v) is 1.68. The van der Waals surface area contributed by atoms with Crippen molar-refractivity contribution < 1.29 is 9.21 Å². The third kappa shape index (κ3) is 2.91. The van der Waals surface area contributed by atoms with Gasteiger partial charge in [0.1, 0.15) is 11.5 Å². The highest BCUT2D eigenvalue weighted by Crippen LogP contribution is 2.13. The van der Waals surface area contributed by atoms with Crippen LogP contribution in [0, 0.1) is 6.92 Å². The number of aryl methyl sites for hydroxylation is 1. The first-order chi connectivity index (χ1) is 8.69. The molecule has 0 aliphatic carbocycles. The van der Waals surface area contributed by atoms with E-state index >= 15 is 0 Å². The summed E-state index contributed by atoms with van der Waals surface area (Å²) in [5.74, 6) is 1.68. The van der Waals surface area contributed by atoms with Gasteiger partial charge in [0.25, 0.3) is 5.91 Å². The Hall–Kier alpha value is -2.23. The van der Waals surface area contributed by atoms with Crippen molar-refractivity contribution in [3.63, 3.8) is 0 Å². The van der Waals surface area contributed by atoms with Crippen molar-refractivity contribution in [3.05, 3.63) is 53.5 Å². The lowest BCUT2D eigenvalue weighted by Gasteiger charge is -2.06. The second kappa shape index (κ2) is 5.40. The summed E-state index contributed by atoms with van der Waals surface area (Å²) < 4.78 is 5.46. The number of amides is 1. The van der Waals surface area contributed by atoms with Crippen molar-refractivity contribution in [2.24, 2.45) is 0 Å². The SMILES string of the molecule is CNC(=O)c1cccc(NCc2ccc(C)o2)c1. The Kier molecular flexibility index (Phi) is 3.67. The van der Waals surface area contributed by atoms with Gasteiger partial charge < -0.3 is 15.1 Å². The number of benzene rings is 1. The van der Waals surface area contributed by atoms with Gasteiger partial charge in [-0.05, 0) is 37.3 Å². The number of nitrogens with one attached hydrogen (secondary N) is 2. The molecule has 0 aliphatic heterocycles. The molecular weight excluding hydrogens is 228 g/mol. The van der Waals surface area contributed by atoms with Crippen molar-refractivity contribution in [3.8, 4) is 0 Å². The minimum atomic E-state index is -0.0903. The number of carbonyl (C=O) groups is 1. The molecule has 1 heterocycles. The van der Waals surface area contributed by atoms with Crippen LogP contribution in [-0.4, -0.2) is 13.0 Å². The van der Waals surface area contributed by atoms with Crippen LogP contribution in [0.2, 0.25) is 0 Å². The first kappa shape index (κ1) is 12.2. The van der Waals surface area contributed by atoms with Crippen molar-refractivity contribution in [1.82, 2.24) is 5.32 Å². The van der Waals surface area contributed by atoms with Crippen LogP contribution < -0.4 is 10.6 Å². The zero-order valence-electron chi connectivity index (χ0n) is 10.5. The second-order valence-corrected chi connectivity index (χ2v) is 4.03. The van der Waals surface area contributed by atoms with Gasteiger partial charge in [-0.2, -0.15) is 0 Å². The minimum absolute atomic E-state index is 0.0903. The maximum atomic E-state index is 11.5. The van der Waals surface area contributed by atoms with Gasteiger partial charge in [-0.3, -0.25) is 4.79 Å². The Morgan fingerprint density at radius 1 is 1.28 bits per heavy atom. The summed E-state index contributed by atoms with van der Waals surface area (Å²) in [7, 11) is 1.62. The van der Waals surface area contributed by atoms with Crippen LogP contribution in [0.5, 0.6) is 0 Å². The van der Waals surface area contributed by atoms with Gasteiger partial charge in [-0.25, -0.2) is 0 Å². The van der Waals surface area contributed by atoms with E-state index in [-0.39, 0.29) is 5.91 Å². The Bertz CT molecular complexity index is 546. The van der Waals surface area contributed by atoms with E-state index in [1.807, 2.05) is 37.3 Å². The summed E-state index contributed by atoms with van der Waals surface area (Å²) >= 11 is 0. The first-order valence-electron chi connectivity index (χ1n) is 5.80. The number of anilines is 1. The number of hydrogen-bond acceptors (Lipinski definition) is 3. The average Bonchev–Trinajstić information content (AvgIpc) is 2.81. The molecule has 2 aromatic rings. The van der Waals surface area contributed by atoms with Crippen LogP contribution in [0.15, 0.2) is 40.8 Å². The van der Waals surface area contributed by atoms with E-state index in [1.165, 1.54) is 0 Å². The third-order valence-corrected chi connectivity index (χ3v) is 2.61. The smallest absolute Gasteiger partial charge is 0.251 e. The lowest BCUT2D eigenvalue weighted by molar-refractivity contribution is 0.0963. The maximum Gasteiger partial charge on any atom is 0.251 e. The van der Waals surface area contributed by atoms with Gasteiger partial charge in [-0.15, -0.1) is 0 Å². The fraction of sp³-hybridized carbons (Fsp3) is 0.214. The molecule has 0 spiro atoms. The van der Waals surface area contributed by atoms with Crippen LogP contribution in [0.3, 0.4) is 0 Å². The third-order valence-electron chi connectivity index (χ3n) is 2.61. The standard InChI is InChI=1S/C14H16N2O2/c1-10-6-7-13(18-10)9-16-12-5-3-4-11(8-12)14(17)15-2/h3-8,16H,9H2,1-2H3,(H,15,17). The van der Waals surface area contributed by atoms with E-state index in [1.54, 1.807) is 13.1 Å². The Balaban J connectivity index is 2.03. The highest BCUT2D eigenvalue weighted by Gasteiger charge is 2.04. The monoisotopic (exact) mass is 244 g/mol. The largest absolute Gasteiger partial charge is 0.465 e. The Morgan fingerprint density at radius 2 is 2.11 bits per heavy atom. The second-order valence-electron chi connectivity index (χ2n) is 4.03. The minimum Gasteiger partial charge on any atom is -0.465 e. The van der Waals surface area contributed by atoms with Crippen LogP contribution in [0.25, 0.3) is 0 Å². The van der Waals surface area contributed by atoms with Crippen molar-refractivity contribution in [1.29, 1.82) is 0 Å². The van der Waals surface area contributed by atoms with E-state index in [0.29, 0.717) is 12.1 Å². The van der Waals surface area contributed by atoms with Crippen LogP contribution in [0.1, 0.15) is 21.9 Å². The summed E-state index contributed by atoms with van der Waals surface area (Å²) in [4.78, 5) is 11.5. The lowest BCUT2D eigenvalue weighted by atomic mass is 10.2. The zero-order valence-corrected chi connectivity index (χ0v) is 10.5. The van der Waals surface area contributed by atoms with Gasteiger partial charge >= 0.3 is 0 Å². The van der Waals surface area contributed by atoms with Crippen LogP contribution in [0.4, 0.5) is 5.69 Å². The van der Waals surface area contributed by atoms with Crippen LogP contribution in [-0.2, 0) is 6.54 Å². The molecule has 94 valence electrons. The van der Waals surface area contributed by atoms with E-state index < -0.39 is 0 Å². The van der Waals surface area contributed by atoms with E-state index in [0.717, 1.165) is 17.2 Å². The molecule has 0 bridgehead atoms. The van der Waals surface area contributed by atoms with Gasteiger partial charge in [0.15, 0.2) is 0 Å². The first-order valence-corrected chi connectivity index (χ1v) is 5.80. The highest BCUT2D eigenvalue weighted by atomic mass is 16.3. The molecule has 0 fully saturated rings. The molecule has 4 nitrogen and oxygen atoms in total. The molecule has 0 saturated carbocycles. The number of rotatable bonds is 4. The number of carbonyl (C=O) groups excluding carboxylic acids is 1. The molecule has 18 heavy (non-hydrogen) atoms. The van der Waals surface area contributed by atoms with Crippen molar-refractivity contribution >= 4 is 11.6 Å². The van der Waals surface area contributed by atoms with Gasteiger partial charge in [-0.1, -0.05) is 6.07 Å². The molecule has 0 aliphatic rings. The molecule has 1 amide bonds. The van der Waals surface area contributed by atoms with Gasteiger partial charge in [0.2, 0.25) is 0 Å². The Labute approximate surface area is 106 Å². The molecule has 2 N–H and O–H groups in total. The number of hydrogen-bond donors (Lipinski definition) is 2. The average molecular weight is 244 g/mol. The van der Waals surface area contributed by atoms with Crippen LogP contribution >= 0.6 is 0 Å². The van der Waals surface area contributed by atoms with Gasteiger partial charge in [0, 0.05) is 18.3 Å². The summed E-state index contributed by atoms with van der Waals surface area (Å²) in [5, 5.41) is 5.82. The fourth-order valence-electron chi connectivity index (χ4n) is 1.68. The molecule has 2 rings (SSSR count). The summed E-state index contributed by atoms with van der Waals surface area (Å²) in [6.45, 7) is 2.51. The topological polar surface area (TPSA) is 54.3 Å². The normalized spacial score (nSPS) is 10.1. The molecule has 0 radical (unpaired) electrons. The zero-order chi connectivity index (χ0) is 13.0. The summed E-state index contributed by atoms with van der Waals surface area (Å²) in [6, 6.07) is 11.2. The lowest BCUT2D eigenvalue weighted by Crippen LogP contribution is -2.17. The van der Waals surface area contributed by atoms with E-state index in [4.69, 9.17) is 4.42 Å². The highest BCUT2D eigenvalue weighted by molar-refractivity contribution is 5.94. The predicted molar refractivity (Wildman–Crippen MR) is 70.6 cm³/mol. The molecule has 1 aromatic carbocycles. The number of furan rings is 1. The quantitative estimate of drug-likeness (QED) is 0.869. The van der Waals surface area contributed by atoms with Gasteiger partial charge in [0.05, 0.1) is 6.54 Å². The molecule has 0 saturated heterocycles. The van der Waals surface area contributed by atoms with E-state index in [2.05, 4.69) is 10.6 Å². The molecular formula is C14H16N2O2. The summed E-state index contributed by atoms with van der Waals surface area (Å²) in [5.41, 5.74) is 1.53. The Morgan fingerprint density at radius 3 is 2.78 bits per heavy atom. The van der Waals surface area contributed by atoms with Crippen molar-refractivity contribution in [2.75, 3.05) is 12.4 Å². The molecule has 0 atom stereocenters. The molecule has 4 heteroatoms. The predicted octanol–water partition coefficient (Wildman–Crippen LogP) is 2.56. The van der Waals surface area contributed by atoms with Crippen molar-refractivity contribution in [2.45, 2.75) is 13.5 Å². The van der Waals surface area contributed by atoms with E-state index in [9.17, 15) is 4.79 Å². The molecule has 0 unspecified atom stereocenters. The summed E-state index contributed by atoms with van der Waals surface area (Å²) in [6.07, 6.45) is 0.